The highest BCUT2D eigenvalue weighted by atomic mass is 79.9. The molecule has 0 saturated heterocycles. The summed E-state index contributed by atoms with van der Waals surface area (Å²) in [6.07, 6.45) is 3.41. The summed E-state index contributed by atoms with van der Waals surface area (Å²) in [6.45, 7) is 0.562. The highest BCUT2D eigenvalue weighted by Gasteiger charge is 1.96. The summed E-state index contributed by atoms with van der Waals surface area (Å²) in [5.41, 5.74) is 1.05. The van der Waals surface area contributed by atoms with Gasteiger partial charge in [-0.1, -0.05) is 15.9 Å². The number of halogens is 1. The number of hydrogen-bond acceptors (Lipinski definition) is 2. The van der Waals surface area contributed by atoms with Crippen molar-refractivity contribution in [3.05, 3.63) is 30.1 Å². The second-order valence-corrected chi connectivity index (χ2v) is 2.83. The Bertz CT molecular complexity index is 250. The molecule has 0 bridgehead atoms. The van der Waals surface area contributed by atoms with E-state index in [4.69, 9.17) is 0 Å². The van der Waals surface area contributed by atoms with Gasteiger partial charge < -0.3 is 5.32 Å². The average molecular weight is 229 g/mol. The molecular formula is C8H9BrN2O. The summed E-state index contributed by atoms with van der Waals surface area (Å²) >= 11 is 3.06. The van der Waals surface area contributed by atoms with Gasteiger partial charge in [0.15, 0.2) is 0 Å². The third-order valence-corrected chi connectivity index (χ3v) is 1.87. The second kappa shape index (κ2) is 4.87. The maximum atomic E-state index is 10.8. The van der Waals surface area contributed by atoms with Crippen LogP contribution >= 0.6 is 15.9 Å². The number of carbonyl (C=O) groups is 1. The van der Waals surface area contributed by atoms with Crippen molar-refractivity contribution in [1.29, 1.82) is 0 Å². The first-order chi connectivity index (χ1) is 5.83. The summed E-state index contributed by atoms with van der Waals surface area (Å²) in [6, 6.07) is 3.74. The fourth-order valence-electron chi connectivity index (χ4n) is 0.749. The van der Waals surface area contributed by atoms with Crippen molar-refractivity contribution < 1.29 is 4.79 Å². The molecule has 3 nitrogen and oxygen atoms in total. The van der Waals surface area contributed by atoms with Gasteiger partial charge in [-0.05, 0) is 17.7 Å². The number of carbonyl (C=O) groups excluding carboxylic acids is 1. The fourth-order valence-corrected chi connectivity index (χ4v) is 0.947. The van der Waals surface area contributed by atoms with Gasteiger partial charge in [0.25, 0.3) is 0 Å². The van der Waals surface area contributed by atoms with Crippen LogP contribution in [-0.2, 0) is 11.3 Å². The van der Waals surface area contributed by atoms with Crippen LogP contribution in [0.15, 0.2) is 24.5 Å². The largest absolute Gasteiger partial charge is 0.351 e. The minimum Gasteiger partial charge on any atom is -0.351 e. The quantitative estimate of drug-likeness (QED) is 0.788. The van der Waals surface area contributed by atoms with E-state index >= 15 is 0 Å². The normalized spacial score (nSPS) is 9.42. The molecule has 0 unspecified atom stereocenters. The van der Waals surface area contributed by atoms with Gasteiger partial charge in [-0.2, -0.15) is 0 Å². The van der Waals surface area contributed by atoms with Crippen molar-refractivity contribution in [3.8, 4) is 0 Å². The highest BCUT2D eigenvalue weighted by molar-refractivity contribution is 9.09. The van der Waals surface area contributed by atoms with Crippen LogP contribution in [0.5, 0.6) is 0 Å². The van der Waals surface area contributed by atoms with E-state index in [1.54, 1.807) is 12.4 Å². The van der Waals surface area contributed by atoms with Gasteiger partial charge in [0.2, 0.25) is 5.91 Å². The van der Waals surface area contributed by atoms with E-state index in [1.165, 1.54) is 0 Å². The number of alkyl halides is 1. The van der Waals surface area contributed by atoms with Crippen molar-refractivity contribution in [1.82, 2.24) is 10.3 Å². The molecular weight excluding hydrogens is 220 g/mol. The molecule has 0 saturated carbocycles. The lowest BCUT2D eigenvalue weighted by molar-refractivity contribution is -0.118. The Morgan fingerprint density at radius 1 is 1.50 bits per heavy atom. The summed E-state index contributed by atoms with van der Waals surface area (Å²) < 4.78 is 0. The highest BCUT2D eigenvalue weighted by Crippen LogP contribution is 1.94. The second-order valence-electron chi connectivity index (χ2n) is 2.27. The first-order valence-corrected chi connectivity index (χ1v) is 4.66. The van der Waals surface area contributed by atoms with Gasteiger partial charge in [-0.3, -0.25) is 9.78 Å². The predicted molar refractivity (Wildman–Crippen MR) is 49.9 cm³/mol. The molecule has 12 heavy (non-hydrogen) atoms. The molecule has 0 aliphatic carbocycles. The molecule has 0 radical (unpaired) electrons. The monoisotopic (exact) mass is 228 g/mol. The van der Waals surface area contributed by atoms with Gasteiger partial charge in [-0.15, -0.1) is 0 Å². The lowest BCUT2D eigenvalue weighted by atomic mass is 10.3. The predicted octanol–water partition coefficient (Wildman–Crippen LogP) is 1.09. The zero-order chi connectivity index (χ0) is 8.81. The van der Waals surface area contributed by atoms with Gasteiger partial charge in [0.05, 0.1) is 5.33 Å². The van der Waals surface area contributed by atoms with E-state index in [1.807, 2.05) is 12.1 Å². The lowest BCUT2D eigenvalue weighted by Gasteiger charge is -2.01. The minimum atomic E-state index is -0.00758. The Morgan fingerprint density at radius 2 is 2.17 bits per heavy atom. The number of hydrogen-bond donors (Lipinski definition) is 1. The van der Waals surface area contributed by atoms with Crippen molar-refractivity contribution in [2.75, 3.05) is 5.33 Å². The first-order valence-electron chi connectivity index (χ1n) is 3.54. The van der Waals surface area contributed by atoms with Crippen LogP contribution in [0.2, 0.25) is 0 Å². The number of rotatable bonds is 3. The molecule has 1 rings (SSSR count). The first kappa shape index (κ1) is 9.19. The number of aromatic nitrogens is 1. The summed E-state index contributed by atoms with van der Waals surface area (Å²) in [4.78, 5) is 14.7. The maximum Gasteiger partial charge on any atom is 0.230 e. The third kappa shape index (κ3) is 3.00. The van der Waals surface area contributed by atoms with E-state index in [0.717, 1.165) is 5.56 Å². The van der Waals surface area contributed by atoms with Gasteiger partial charge in [0.1, 0.15) is 0 Å². The van der Waals surface area contributed by atoms with Crippen LogP contribution in [0.1, 0.15) is 5.56 Å². The van der Waals surface area contributed by atoms with E-state index in [-0.39, 0.29) is 5.91 Å². The van der Waals surface area contributed by atoms with Crippen molar-refractivity contribution in [2.45, 2.75) is 6.54 Å². The third-order valence-electron chi connectivity index (χ3n) is 1.36. The Kier molecular flexibility index (Phi) is 3.73. The SMILES string of the molecule is O=C(CBr)NCc1ccncc1. The number of pyridine rings is 1. The van der Waals surface area contributed by atoms with Gasteiger partial charge >= 0.3 is 0 Å². The molecule has 1 N–H and O–H groups in total. The molecule has 0 aliphatic heterocycles. The van der Waals surface area contributed by atoms with E-state index in [2.05, 4.69) is 26.2 Å². The van der Waals surface area contributed by atoms with Crippen LogP contribution in [-0.4, -0.2) is 16.2 Å². The average Bonchev–Trinajstić information content (AvgIpc) is 2.16. The van der Waals surface area contributed by atoms with E-state index in [0.29, 0.717) is 11.9 Å². The van der Waals surface area contributed by atoms with Crippen molar-refractivity contribution in [2.24, 2.45) is 0 Å². The molecule has 0 aromatic carbocycles. The molecule has 0 spiro atoms. The van der Waals surface area contributed by atoms with Crippen molar-refractivity contribution >= 4 is 21.8 Å². The molecule has 0 fully saturated rings. The number of amides is 1. The number of nitrogens with zero attached hydrogens (tertiary/aromatic N) is 1. The Labute approximate surface area is 79.3 Å². The molecule has 1 aromatic rings. The van der Waals surface area contributed by atoms with Crippen LogP contribution < -0.4 is 5.32 Å². The van der Waals surface area contributed by atoms with Crippen LogP contribution in [0.3, 0.4) is 0 Å². The van der Waals surface area contributed by atoms with Crippen molar-refractivity contribution in [3.63, 3.8) is 0 Å². The molecule has 1 aromatic heterocycles. The van der Waals surface area contributed by atoms with E-state index < -0.39 is 0 Å². The molecule has 4 heteroatoms. The number of nitrogens with one attached hydrogen (secondary N) is 1. The topological polar surface area (TPSA) is 42.0 Å². The molecule has 1 amide bonds. The fraction of sp³-hybridized carbons (Fsp3) is 0.250. The summed E-state index contributed by atoms with van der Waals surface area (Å²) in [5.74, 6) is -0.00758. The zero-order valence-corrected chi connectivity index (χ0v) is 8.04. The smallest absolute Gasteiger partial charge is 0.230 e. The van der Waals surface area contributed by atoms with Gasteiger partial charge in [0, 0.05) is 18.9 Å². The summed E-state index contributed by atoms with van der Waals surface area (Å²) in [7, 11) is 0. The minimum absolute atomic E-state index is 0.00758. The zero-order valence-electron chi connectivity index (χ0n) is 6.46. The standard InChI is InChI=1S/C8H9BrN2O/c9-5-8(12)11-6-7-1-3-10-4-2-7/h1-4H,5-6H2,(H,11,12). The molecule has 0 aliphatic rings. The van der Waals surface area contributed by atoms with Crippen LogP contribution in [0.4, 0.5) is 0 Å². The van der Waals surface area contributed by atoms with E-state index in [9.17, 15) is 4.79 Å². The Balaban J connectivity index is 2.38. The van der Waals surface area contributed by atoms with Crippen LogP contribution in [0.25, 0.3) is 0 Å². The maximum absolute atomic E-state index is 10.8. The Hall–Kier alpha value is -0.900. The molecule has 1 heterocycles. The van der Waals surface area contributed by atoms with Gasteiger partial charge in [-0.25, -0.2) is 0 Å². The lowest BCUT2D eigenvalue weighted by Crippen LogP contribution is -2.23. The summed E-state index contributed by atoms with van der Waals surface area (Å²) in [5, 5.41) is 3.08. The Morgan fingerprint density at radius 3 is 2.75 bits per heavy atom. The van der Waals surface area contributed by atoms with Crippen LogP contribution in [0, 0.1) is 0 Å². The molecule has 0 atom stereocenters. The molecule has 64 valence electrons.